The summed E-state index contributed by atoms with van der Waals surface area (Å²) in [5.74, 6) is 1.73. The van der Waals surface area contributed by atoms with E-state index in [1.165, 1.54) is 5.56 Å². The lowest BCUT2D eigenvalue weighted by Crippen LogP contribution is -2.37. The highest BCUT2D eigenvalue weighted by molar-refractivity contribution is 5.68. The summed E-state index contributed by atoms with van der Waals surface area (Å²) in [5, 5.41) is 9.96. The third-order valence-electron chi connectivity index (χ3n) is 5.39. The Bertz CT molecular complexity index is 825. The molecule has 0 aliphatic carbocycles. The topological polar surface area (TPSA) is 68.2 Å². The van der Waals surface area contributed by atoms with Crippen LogP contribution in [0.1, 0.15) is 30.9 Å². The molecule has 6 nitrogen and oxygen atoms in total. The first kappa shape index (κ1) is 22.0. The fraction of sp³-hybridized carbons (Fsp3) is 0.458. The third kappa shape index (κ3) is 5.89. The van der Waals surface area contributed by atoms with Gasteiger partial charge in [0.25, 0.3) is 0 Å². The number of methoxy groups -OCH3 is 1. The van der Waals surface area contributed by atoms with E-state index in [9.17, 15) is 9.90 Å². The molecule has 1 fully saturated rings. The van der Waals surface area contributed by atoms with E-state index in [-0.39, 0.29) is 12.1 Å². The van der Waals surface area contributed by atoms with Crippen LogP contribution >= 0.6 is 0 Å². The first-order valence-corrected chi connectivity index (χ1v) is 10.6. The molecule has 0 radical (unpaired) electrons. The average molecular weight is 414 g/mol. The van der Waals surface area contributed by atoms with Crippen molar-refractivity contribution in [1.29, 1.82) is 0 Å². The summed E-state index contributed by atoms with van der Waals surface area (Å²) >= 11 is 0. The largest absolute Gasteiger partial charge is 0.497 e. The monoisotopic (exact) mass is 413 g/mol. The summed E-state index contributed by atoms with van der Waals surface area (Å²) < 4.78 is 16.5. The molecule has 1 heterocycles. The SMILES string of the molecule is CCOC(=O)N1C[C@@H](O)C[C@H]1CCOc1ccccc1CCc1cccc(OC)c1. The number of aryl methyl sites for hydroxylation is 2. The summed E-state index contributed by atoms with van der Waals surface area (Å²) in [7, 11) is 1.68. The highest BCUT2D eigenvalue weighted by Gasteiger charge is 2.34. The van der Waals surface area contributed by atoms with E-state index < -0.39 is 6.10 Å². The van der Waals surface area contributed by atoms with Crippen molar-refractivity contribution in [1.82, 2.24) is 4.90 Å². The number of rotatable bonds is 9. The zero-order valence-corrected chi connectivity index (χ0v) is 17.8. The van der Waals surface area contributed by atoms with Crippen LogP contribution in [-0.4, -0.2) is 55.1 Å². The Kier molecular flexibility index (Phi) is 7.97. The molecule has 1 N–H and O–H groups in total. The van der Waals surface area contributed by atoms with Crippen LogP contribution in [0.15, 0.2) is 48.5 Å². The minimum Gasteiger partial charge on any atom is -0.497 e. The van der Waals surface area contributed by atoms with E-state index in [4.69, 9.17) is 14.2 Å². The van der Waals surface area contributed by atoms with Crippen molar-refractivity contribution in [3.8, 4) is 11.5 Å². The molecular formula is C24H31NO5. The lowest BCUT2D eigenvalue weighted by atomic mass is 10.0. The molecule has 0 unspecified atom stereocenters. The Labute approximate surface area is 178 Å². The first-order chi connectivity index (χ1) is 14.6. The maximum absolute atomic E-state index is 12.1. The maximum Gasteiger partial charge on any atom is 0.410 e. The number of aliphatic hydroxyl groups excluding tert-OH is 1. The number of ether oxygens (including phenoxy) is 3. The van der Waals surface area contributed by atoms with Crippen LogP contribution in [-0.2, 0) is 17.6 Å². The minimum absolute atomic E-state index is 0.0667. The fourth-order valence-corrected chi connectivity index (χ4v) is 3.86. The summed E-state index contributed by atoms with van der Waals surface area (Å²) in [4.78, 5) is 13.7. The van der Waals surface area contributed by atoms with E-state index in [1.807, 2.05) is 30.3 Å². The summed E-state index contributed by atoms with van der Waals surface area (Å²) in [6, 6.07) is 16.1. The van der Waals surface area contributed by atoms with E-state index in [2.05, 4.69) is 18.2 Å². The van der Waals surface area contributed by atoms with Crippen LogP contribution in [0.25, 0.3) is 0 Å². The van der Waals surface area contributed by atoms with E-state index in [0.29, 0.717) is 32.6 Å². The quantitative estimate of drug-likeness (QED) is 0.677. The van der Waals surface area contributed by atoms with E-state index >= 15 is 0 Å². The van der Waals surface area contributed by atoms with Crippen molar-refractivity contribution < 1.29 is 24.1 Å². The van der Waals surface area contributed by atoms with Crippen LogP contribution in [0, 0.1) is 0 Å². The Balaban J connectivity index is 1.55. The third-order valence-corrected chi connectivity index (χ3v) is 5.39. The van der Waals surface area contributed by atoms with Crippen molar-refractivity contribution in [3.63, 3.8) is 0 Å². The molecule has 0 bridgehead atoms. The number of aliphatic hydroxyl groups is 1. The van der Waals surface area contributed by atoms with Crippen molar-refractivity contribution in [2.75, 3.05) is 26.9 Å². The van der Waals surface area contributed by atoms with Gasteiger partial charge < -0.3 is 24.2 Å². The lowest BCUT2D eigenvalue weighted by Gasteiger charge is -2.23. The Morgan fingerprint density at radius 1 is 1.17 bits per heavy atom. The van der Waals surface area contributed by atoms with Gasteiger partial charge in [0.2, 0.25) is 0 Å². The molecule has 30 heavy (non-hydrogen) atoms. The molecule has 0 spiro atoms. The van der Waals surface area contributed by atoms with Crippen molar-refractivity contribution in [2.45, 2.75) is 44.8 Å². The Hall–Kier alpha value is -2.73. The molecule has 0 aromatic heterocycles. The highest BCUT2D eigenvalue weighted by atomic mass is 16.6. The zero-order chi connectivity index (χ0) is 21.3. The van der Waals surface area contributed by atoms with Gasteiger partial charge >= 0.3 is 6.09 Å². The summed E-state index contributed by atoms with van der Waals surface area (Å²) in [6.07, 6.45) is 2.09. The van der Waals surface area contributed by atoms with Gasteiger partial charge in [-0.05, 0) is 55.5 Å². The first-order valence-electron chi connectivity index (χ1n) is 10.6. The van der Waals surface area contributed by atoms with Crippen LogP contribution in [0.2, 0.25) is 0 Å². The number of amides is 1. The molecule has 0 saturated carbocycles. The molecule has 1 saturated heterocycles. The molecular weight excluding hydrogens is 382 g/mol. The van der Waals surface area contributed by atoms with Crippen molar-refractivity contribution in [3.05, 3.63) is 59.7 Å². The average Bonchev–Trinajstić information content (AvgIpc) is 3.14. The number of hydrogen-bond acceptors (Lipinski definition) is 5. The van der Waals surface area contributed by atoms with Gasteiger partial charge in [-0.2, -0.15) is 0 Å². The molecule has 1 amide bonds. The molecule has 1 aliphatic heterocycles. The Morgan fingerprint density at radius 3 is 2.80 bits per heavy atom. The van der Waals surface area contributed by atoms with Gasteiger partial charge in [-0.1, -0.05) is 30.3 Å². The number of β-amino-alcohol motifs (C(OH)–C–C–N with tert-alkyl or cyclic N) is 1. The Morgan fingerprint density at radius 2 is 2.00 bits per heavy atom. The number of para-hydroxylation sites is 1. The maximum atomic E-state index is 12.1. The molecule has 2 aromatic carbocycles. The second kappa shape index (κ2) is 10.9. The number of likely N-dealkylation sites (tertiary alicyclic amines) is 1. The summed E-state index contributed by atoms with van der Waals surface area (Å²) in [6.45, 7) is 2.91. The van der Waals surface area contributed by atoms with Crippen LogP contribution in [0.3, 0.4) is 0 Å². The smallest absolute Gasteiger partial charge is 0.410 e. The normalized spacial score (nSPS) is 18.3. The van der Waals surface area contributed by atoms with Crippen LogP contribution in [0.4, 0.5) is 4.79 Å². The summed E-state index contributed by atoms with van der Waals surface area (Å²) in [5.41, 5.74) is 2.36. The second-order valence-electron chi connectivity index (χ2n) is 7.49. The molecule has 2 atom stereocenters. The highest BCUT2D eigenvalue weighted by Crippen LogP contribution is 2.24. The predicted octanol–water partition coefficient (Wildman–Crippen LogP) is 3.84. The predicted molar refractivity (Wildman–Crippen MR) is 115 cm³/mol. The molecule has 1 aliphatic rings. The zero-order valence-electron chi connectivity index (χ0n) is 17.8. The van der Waals surface area contributed by atoms with Gasteiger partial charge in [-0.25, -0.2) is 4.79 Å². The number of carbonyl (C=O) groups is 1. The standard InChI is InChI=1S/C24H31NO5/c1-3-29-24(27)25-17-21(26)16-20(25)13-14-30-23-10-5-4-8-19(23)12-11-18-7-6-9-22(15-18)28-2/h4-10,15,20-21,26H,3,11-14,16-17H2,1-2H3/t20-,21+/m1/s1. The molecule has 3 rings (SSSR count). The number of nitrogens with zero attached hydrogens (tertiary/aromatic N) is 1. The van der Waals surface area contributed by atoms with Gasteiger partial charge in [0.1, 0.15) is 11.5 Å². The van der Waals surface area contributed by atoms with Gasteiger partial charge in [-0.3, -0.25) is 0 Å². The fourth-order valence-electron chi connectivity index (χ4n) is 3.86. The number of benzene rings is 2. The van der Waals surface area contributed by atoms with Crippen LogP contribution < -0.4 is 9.47 Å². The van der Waals surface area contributed by atoms with Crippen LogP contribution in [0.5, 0.6) is 11.5 Å². The number of carbonyl (C=O) groups excluding carboxylic acids is 1. The van der Waals surface area contributed by atoms with Gasteiger partial charge in [0.05, 0.1) is 33.0 Å². The van der Waals surface area contributed by atoms with Crippen molar-refractivity contribution in [2.24, 2.45) is 0 Å². The molecule has 6 heteroatoms. The molecule has 162 valence electrons. The van der Waals surface area contributed by atoms with Gasteiger partial charge in [-0.15, -0.1) is 0 Å². The minimum atomic E-state index is -0.505. The van der Waals surface area contributed by atoms with Crippen molar-refractivity contribution >= 4 is 6.09 Å². The lowest BCUT2D eigenvalue weighted by molar-refractivity contribution is 0.0941. The van der Waals surface area contributed by atoms with Gasteiger partial charge in [0, 0.05) is 12.5 Å². The number of hydrogen-bond donors (Lipinski definition) is 1. The van der Waals surface area contributed by atoms with E-state index in [0.717, 1.165) is 29.9 Å². The van der Waals surface area contributed by atoms with Gasteiger partial charge in [0.15, 0.2) is 0 Å². The second-order valence-corrected chi connectivity index (χ2v) is 7.49. The molecule has 2 aromatic rings. The van der Waals surface area contributed by atoms with E-state index in [1.54, 1.807) is 18.9 Å².